The maximum Gasteiger partial charge on any atom is 0.434 e. The molecule has 31 heavy (non-hydrogen) atoms. The first-order valence-electron chi connectivity index (χ1n) is 9.89. The summed E-state index contributed by atoms with van der Waals surface area (Å²) in [6.45, 7) is 6.78. The van der Waals surface area contributed by atoms with Crippen LogP contribution in [0.1, 0.15) is 19.5 Å². The molecule has 2 atom stereocenters. The first-order valence-corrected chi connectivity index (χ1v) is 9.89. The minimum absolute atomic E-state index is 0.0682. The topological polar surface area (TPSA) is 115 Å². The van der Waals surface area contributed by atoms with Gasteiger partial charge in [-0.15, -0.1) is 0 Å². The van der Waals surface area contributed by atoms with Crippen LogP contribution in [-0.2, 0) is 15.7 Å². The Kier molecular flexibility index (Phi) is 5.79. The number of ether oxygens (including phenoxy) is 2. The first kappa shape index (κ1) is 21.4. The molecule has 0 aliphatic carbocycles. The van der Waals surface area contributed by atoms with Crippen LogP contribution in [0.15, 0.2) is 6.20 Å². The van der Waals surface area contributed by atoms with Gasteiger partial charge in [0.15, 0.2) is 11.5 Å². The van der Waals surface area contributed by atoms with Crippen molar-refractivity contribution in [2.45, 2.75) is 32.1 Å². The van der Waals surface area contributed by atoms with Gasteiger partial charge in [0.05, 0.1) is 44.1 Å². The molecule has 2 unspecified atom stereocenters. The van der Waals surface area contributed by atoms with Crippen LogP contribution >= 0.6 is 0 Å². The van der Waals surface area contributed by atoms with Crippen molar-refractivity contribution in [3.63, 3.8) is 0 Å². The molecular formula is C18H23F3N8O2. The Labute approximate surface area is 176 Å². The molecule has 2 fully saturated rings. The third-order valence-corrected chi connectivity index (χ3v) is 5.12. The van der Waals surface area contributed by atoms with E-state index in [4.69, 9.17) is 15.2 Å². The van der Waals surface area contributed by atoms with Gasteiger partial charge in [-0.2, -0.15) is 28.1 Å². The standard InChI is InChI=1S/C18H23F3N8O2/c1-10-8-31-9-11(2)29(10)17-26-14(25-16(27-17)28-3-5-30-6-4-28)12-7-23-15(22)24-13(12)18(19,20)21/h7,10-11H,3-6,8-9H2,1-2H3,(H2,22,23,24). The molecule has 13 heteroatoms. The van der Waals surface area contributed by atoms with Crippen LogP contribution in [0.2, 0.25) is 0 Å². The number of halogens is 3. The highest BCUT2D eigenvalue weighted by Gasteiger charge is 2.38. The number of morpholine rings is 2. The minimum Gasteiger partial charge on any atom is -0.378 e. The van der Waals surface area contributed by atoms with Gasteiger partial charge in [-0.05, 0) is 13.8 Å². The zero-order valence-electron chi connectivity index (χ0n) is 17.1. The van der Waals surface area contributed by atoms with Gasteiger partial charge in [0, 0.05) is 19.3 Å². The lowest BCUT2D eigenvalue weighted by Gasteiger charge is -2.39. The first-order chi connectivity index (χ1) is 14.7. The number of rotatable bonds is 3. The fourth-order valence-electron chi connectivity index (χ4n) is 3.67. The van der Waals surface area contributed by atoms with Gasteiger partial charge in [-0.25, -0.2) is 9.97 Å². The highest BCUT2D eigenvalue weighted by Crippen LogP contribution is 2.35. The van der Waals surface area contributed by atoms with Crippen molar-refractivity contribution in [2.75, 3.05) is 55.1 Å². The van der Waals surface area contributed by atoms with Gasteiger partial charge in [0.25, 0.3) is 0 Å². The van der Waals surface area contributed by atoms with E-state index in [1.165, 1.54) is 0 Å². The molecule has 2 N–H and O–H groups in total. The van der Waals surface area contributed by atoms with E-state index >= 15 is 0 Å². The van der Waals surface area contributed by atoms with E-state index in [0.29, 0.717) is 39.5 Å². The van der Waals surface area contributed by atoms with Crippen LogP contribution in [0.25, 0.3) is 11.4 Å². The molecule has 2 saturated heterocycles. The average molecular weight is 440 g/mol. The Bertz CT molecular complexity index is 929. The Morgan fingerprint density at radius 3 is 2.26 bits per heavy atom. The van der Waals surface area contributed by atoms with E-state index in [2.05, 4.69) is 24.9 Å². The molecule has 2 aliphatic heterocycles. The van der Waals surface area contributed by atoms with Crippen molar-refractivity contribution in [3.05, 3.63) is 11.9 Å². The minimum atomic E-state index is -4.75. The Morgan fingerprint density at radius 2 is 1.61 bits per heavy atom. The number of nitrogens with zero attached hydrogens (tertiary/aromatic N) is 7. The summed E-state index contributed by atoms with van der Waals surface area (Å²) in [6.07, 6.45) is -3.75. The zero-order valence-corrected chi connectivity index (χ0v) is 17.1. The summed E-state index contributed by atoms with van der Waals surface area (Å²) in [5, 5.41) is 0. The Hall–Kier alpha value is -2.80. The smallest absolute Gasteiger partial charge is 0.378 e. The maximum absolute atomic E-state index is 13.7. The summed E-state index contributed by atoms with van der Waals surface area (Å²) < 4.78 is 52.0. The van der Waals surface area contributed by atoms with Gasteiger partial charge in [0.2, 0.25) is 17.8 Å². The lowest BCUT2D eigenvalue weighted by atomic mass is 10.2. The van der Waals surface area contributed by atoms with E-state index < -0.39 is 17.8 Å². The molecule has 0 radical (unpaired) electrons. The summed E-state index contributed by atoms with van der Waals surface area (Å²) in [4.78, 5) is 24.3. The highest BCUT2D eigenvalue weighted by atomic mass is 19.4. The van der Waals surface area contributed by atoms with E-state index in [0.717, 1.165) is 6.20 Å². The van der Waals surface area contributed by atoms with Crippen LogP contribution in [0.4, 0.5) is 31.0 Å². The third-order valence-electron chi connectivity index (χ3n) is 5.12. The van der Waals surface area contributed by atoms with Crippen molar-refractivity contribution in [3.8, 4) is 11.4 Å². The van der Waals surface area contributed by atoms with E-state index in [1.54, 1.807) is 0 Å². The summed E-state index contributed by atoms with van der Waals surface area (Å²) in [7, 11) is 0. The zero-order chi connectivity index (χ0) is 22.2. The van der Waals surface area contributed by atoms with Crippen molar-refractivity contribution in [1.82, 2.24) is 24.9 Å². The molecule has 0 saturated carbocycles. The molecule has 0 spiro atoms. The molecular weight excluding hydrogens is 417 g/mol. The predicted molar refractivity (Wildman–Crippen MR) is 106 cm³/mol. The predicted octanol–water partition coefficient (Wildman–Crippen LogP) is 1.38. The molecule has 0 bridgehead atoms. The number of aromatic nitrogens is 5. The SMILES string of the molecule is CC1COCC(C)N1c1nc(-c2cnc(N)nc2C(F)(F)F)nc(N2CCOCC2)n1. The van der Waals surface area contributed by atoms with Gasteiger partial charge in [-0.3, -0.25) is 0 Å². The quantitative estimate of drug-likeness (QED) is 0.750. The van der Waals surface area contributed by atoms with E-state index in [1.807, 2.05) is 23.6 Å². The number of alkyl halides is 3. The van der Waals surface area contributed by atoms with Crippen LogP contribution in [0.5, 0.6) is 0 Å². The monoisotopic (exact) mass is 440 g/mol. The van der Waals surface area contributed by atoms with Crippen molar-refractivity contribution in [1.29, 1.82) is 0 Å². The molecule has 4 rings (SSSR count). The number of hydrogen-bond donors (Lipinski definition) is 1. The number of hydrogen-bond acceptors (Lipinski definition) is 10. The Balaban J connectivity index is 1.86. The largest absolute Gasteiger partial charge is 0.434 e. The summed E-state index contributed by atoms with van der Waals surface area (Å²) >= 11 is 0. The van der Waals surface area contributed by atoms with Gasteiger partial charge in [-0.1, -0.05) is 0 Å². The molecule has 0 aromatic carbocycles. The molecule has 4 heterocycles. The summed E-state index contributed by atoms with van der Waals surface area (Å²) in [5.74, 6) is -0.0854. The second kappa shape index (κ2) is 8.38. The second-order valence-electron chi connectivity index (χ2n) is 7.49. The molecule has 10 nitrogen and oxygen atoms in total. The fourth-order valence-corrected chi connectivity index (χ4v) is 3.67. The molecule has 2 aliphatic rings. The fraction of sp³-hybridized carbons (Fsp3) is 0.611. The van der Waals surface area contributed by atoms with E-state index in [-0.39, 0.29) is 35.4 Å². The van der Waals surface area contributed by atoms with Crippen LogP contribution in [0.3, 0.4) is 0 Å². The summed E-state index contributed by atoms with van der Waals surface area (Å²) in [6, 6.07) is -0.136. The van der Waals surface area contributed by atoms with Crippen LogP contribution in [-0.4, -0.2) is 76.5 Å². The lowest BCUT2D eigenvalue weighted by molar-refractivity contribution is -0.140. The molecule has 2 aromatic heterocycles. The number of nitrogen functional groups attached to an aromatic ring is 1. The molecule has 2 aromatic rings. The number of nitrogens with two attached hydrogens (primary N) is 1. The van der Waals surface area contributed by atoms with Crippen molar-refractivity contribution < 1.29 is 22.6 Å². The van der Waals surface area contributed by atoms with Gasteiger partial charge in [0.1, 0.15) is 0 Å². The van der Waals surface area contributed by atoms with Gasteiger partial charge >= 0.3 is 6.18 Å². The normalized spacial score (nSPS) is 22.6. The van der Waals surface area contributed by atoms with E-state index in [9.17, 15) is 13.2 Å². The van der Waals surface area contributed by atoms with Crippen molar-refractivity contribution in [2.24, 2.45) is 0 Å². The third kappa shape index (κ3) is 4.46. The highest BCUT2D eigenvalue weighted by molar-refractivity contribution is 5.62. The lowest BCUT2D eigenvalue weighted by Crippen LogP contribution is -2.50. The summed E-state index contributed by atoms with van der Waals surface area (Å²) in [5.41, 5.74) is 3.87. The maximum atomic E-state index is 13.7. The van der Waals surface area contributed by atoms with Crippen LogP contribution < -0.4 is 15.5 Å². The molecule has 168 valence electrons. The average Bonchev–Trinajstić information content (AvgIpc) is 2.73. The Morgan fingerprint density at radius 1 is 0.968 bits per heavy atom. The second-order valence-corrected chi connectivity index (χ2v) is 7.49. The number of anilines is 3. The van der Waals surface area contributed by atoms with Crippen molar-refractivity contribution >= 4 is 17.8 Å². The van der Waals surface area contributed by atoms with Crippen LogP contribution in [0, 0.1) is 0 Å². The molecule has 0 amide bonds. The van der Waals surface area contributed by atoms with Gasteiger partial charge < -0.3 is 25.0 Å².